The van der Waals surface area contributed by atoms with Crippen LogP contribution in [-0.4, -0.2) is 54.5 Å². The van der Waals surface area contributed by atoms with Crippen LogP contribution in [0.1, 0.15) is 17.3 Å². The van der Waals surface area contributed by atoms with Crippen LogP contribution < -0.4 is 10.3 Å². The molecule has 0 atom stereocenters. The van der Waals surface area contributed by atoms with Crippen LogP contribution in [0.2, 0.25) is 0 Å². The number of aromatic carboxylic acids is 1. The Hall–Kier alpha value is -3.38. The molecule has 0 radical (unpaired) electrons. The molecule has 1 aliphatic rings. The van der Waals surface area contributed by atoms with E-state index < -0.39 is 55.5 Å². The summed E-state index contributed by atoms with van der Waals surface area (Å²) in [5.74, 6) is -4.16. The van der Waals surface area contributed by atoms with Gasteiger partial charge in [-0.3, -0.25) is 4.79 Å². The quantitative estimate of drug-likeness (QED) is 0.584. The highest BCUT2D eigenvalue weighted by Gasteiger charge is 2.32. The summed E-state index contributed by atoms with van der Waals surface area (Å²) in [5, 5.41) is 8.86. The third kappa shape index (κ3) is 3.92. The molecular formula is C22H20F3N3O5S. The van der Waals surface area contributed by atoms with Gasteiger partial charge < -0.3 is 14.6 Å². The maximum Gasteiger partial charge on any atom is 0.341 e. The highest BCUT2D eigenvalue weighted by molar-refractivity contribution is 7.89. The topological polar surface area (TPSA) is 99.9 Å². The second kappa shape index (κ2) is 8.76. The fourth-order valence-corrected chi connectivity index (χ4v) is 5.50. The summed E-state index contributed by atoms with van der Waals surface area (Å²) in [6, 6.07) is 5.18. The molecule has 2 aromatic carbocycles. The zero-order chi connectivity index (χ0) is 24.8. The van der Waals surface area contributed by atoms with Crippen molar-refractivity contribution >= 4 is 32.6 Å². The fraction of sp³-hybridized carbons (Fsp3) is 0.273. The van der Waals surface area contributed by atoms with E-state index >= 15 is 8.78 Å². The molecule has 12 heteroatoms. The molecule has 1 saturated heterocycles. The first kappa shape index (κ1) is 23.8. The Morgan fingerprint density at radius 1 is 1.06 bits per heavy atom. The largest absolute Gasteiger partial charge is 0.477 e. The number of hydrogen-bond acceptors (Lipinski definition) is 5. The van der Waals surface area contributed by atoms with Crippen LogP contribution in [0.3, 0.4) is 0 Å². The van der Waals surface area contributed by atoms with Crippen molar-refractivity contribution in [2.75, 3.05) is 31.1 Å². The highest BCUT2D eigenvalue weighted by atomic mass is 32.2. The Labute approximate surface area is 192 Å². The van der Waals surface area contributed by atoms with Crippen molar-refractivity contribution < 1.29 is 31.5 Å². The molecule has 0 saturated carbocycles. The molecule has 0 spiro atoms. The Bertz CT molecular complexity index is 1450. The van der Waals surface area contributed by atoms with Gasteiger partial charge in [0.25, 0.3) is 0 Å². The van der Waals surface area contributed by atoms with Crippen LogP contribution in [0.25, 0.3) is 10.9 Å². The molecule has 0 amide bonds. The summed E-state index contributed by atoms with van der Waals surface area (Å²) in [5.41, 5.74) is -2.24. The monoisotopic (exact) mass is 495 g/mol. The number of nitrogens with zero attached hydrogens (tertiary/aromatic N) is 3. The van der Waals surface area contributed by atoms with Crippen LogP contribution in [0, 0.1) is 17.5 Å². The predicted octanol–water partition coefficient (Wildman–Crippen LogP) is 2.65. The van der Waals surface area contributed by atoms with E-state index in [9.17, 15) is 27.5 Å². The number of anilines is 1. The first-order chi connectivity index (χ1) is 16.1. The number of sulfonamides is 1. The van der Waals surface area contributed by atoms with E-state index in [0.29, 0.717) is 0 Å². The number of fused-ring (bicyclic) bond motifs is 1. The van der Waals surface area contributed by atoms with Crippen LogP contribution in [0.5, 0.6) is 0 Å². The third-order valence-electron chi connectivity index (χ3n) is 5.81. The second-order valence-electron chi connectivity index (χ2n) is 7.73. The molecule has 0 unspecified atom stereocenters. The minimum atomic E-state index is -3.92. The van der Waals surface area contributed by atoms with Gasteiger partial charge in [0.05, 0.1) is 15.8 Å². The minimum absolute atomic E-state index is 0.0384. The number of carboxylic acid groups (broad SMARTS) is 1. The average Bonchev–Trinajstić information content (AvgIpc) is 2.80. The minimum Gasteiger partial charge on any atom is -0.477 e. The summed E-state index contributed by atoms with van der Waals surface area (Å²) in [6.07, 6.45) is 1.02. The molecule has 8 nitrogen and oxygen atoms in total. The number of pyridine rings is 1. The van der Waals surface area contributed by atoms with Gasteiger partial charge in [0.2, 0.25) is 15.5 Å². The van der Waals surface area contributed by atoms with Crippen molar-refractivity contribution in [3.8, 4) is 0 Å². The summed E-state index contributed by atoms with van der Waals surface area (Å²) < 4.78 is 71.7. The van der Waals surface area contributed by atoms with Crippen molar-refractivity contribution in [3.63, 3.8) is 0 Å². The number of aromatic nitrogens is 1. The summed E-state index contributed by atoms with van der Waals surface area (Å²) >= 11 is 0. The van der Waals surface area contributed by atoms with Crippen LogP contribution >= 0.6 is 0 Å². The SMILES string of the molecule is CCn1cc(C(=O)O)c(=O)c2cc(F)c(N3CCN(S(=O)(=O)c4ccc(F)cc4)CC3)c(F)c21. The molecule has 4 rings (SSSR count). The molecule has 1 N–H and O–H groups in total. The van der Waals surface area contributed by atoms with Gasteiger partial charge >= 0.3 is 5.97 Å². The van der Waals surface area contributed by atoms with Crippen LogP contribution in [0.4, 0.5) is 18.9 Å². The number of aryl methyl sites for hydroxylation is 1. The molecule has 3 aromatic rings. The second-order valence-corrected chi connectivity index (χ2v) is 9.66. The van der Waals surface area contributed by atoms with Crippen molar-refractivity contribution in [1.82, 2.24) is 8.87 Å². The number of carboxylic acids is 1. The lowest BCUT2D eigenvalue weighted by Gasteiger charge is -2.35. The molecule has 2 heterocycles. The summed E-state index contributed by atoms with van der Waals surface area (Å²) in [7, 11) is -3.92. The Morgan fingerprint density at radius 3 is 2.24 bits per heavy atom. The van der Waals surface area contributed by atoms with Gasteiger partial charge in [-0.05, 0) is 37.3 Å². The lowest BCUT2D eigenvalue weighted by Crippen LogP contribution is -2.49. The normalized spacial score (nSPS) is 15.1. The maximum atomic E-state index is 15.6. The van der Waals surface area contributed by atoms with Crippen LogP contribution in [-0.2, 0) is 16.6 Å². The molecule has 1 aliphatic heterocycles. The summed E-state index contributed by atoms with van der Waals surface area (Å²) in [4.78, 5) is 25.1. The zero-order valence-electron chi connectivity index (χ0n) is 18.0. The van der Waals surface area contributed by atoms with E-state index in [4.69, 9.17) is 0 Å². The average molecular weight is 495 g/mol. The number of halogens is 3. The number of hydrogen-bond donors (Lipinski definition) is 1. The fourth-order valence-electron chi connectivity index (χ4n) is 4.08. The molecule has 0 aliphatic carbocycles. The van der Waals surface area contributed by atoms with Crippen molar-refractivity contribution in [1.29, 1.82) is 0 Å². The maximum absolute atomic E-state index is 15.6. The van der Waals surface area contributed by atoms with Crippen molar-refractivity contribution in [2.45, 2.75) is 18.4 Å². The van der Waals surface area contributed by atoms with E-state index in [1.807, 2.05) is 0 Å². The standard InChI is InChI=1S/C22H20F3N3O5S/c1-2-26-12-16(22(30)31)21(29)15-11-17(24)20(18(25)19(15)26)27-7-9-28(10-8-27)34(32,33)14-5-3-13(23)4-6-14/h3-6,11-12H,2,7-10H2,1H3,(H,30,31). The Balaban J connectivity index is 1.69. The molecule has 0 bridgehead atoms. The molecular weight excluding hydrogens is 475 g/mol. The van der Waals surface area contributed by atoms with Crippen molar-refractivity contribution in [2.24, 2.45) is 0 Å². The third-order valence-corrected chi connectivity index (χ3v) is 7.72. The summed E-state index contributed by atoms with van der Waals surface area (Å²) in [6.45, 7) is 1.52. The first-order valence-corrected chi connectivity index (χ1v) is 11.8. The molecule has 1 fully saturated rings. The van der Waals surface area contributed by atoms with E-state index in [1.165, 1.54) is 9.47 Å². The van der Waals surface area contributed by atoms with Gasteiger partial charge in [-0.1, -0.05) is 0 Å². The molecule has 1 aromatic heterocycles. The van der Waals surface area contributed by atoms with Gasteiger partial charge in [-0.15, -0.1) is 0 Å². The van der Waals surface area contributed by atoms with Gasteiger partial charge in [-0.25, -0.2) is 26.4 Å². The number of piperazine rings is 1. The van der Waals surface area contributed by atoms with Gasteiger partial charge in [0, 0.05) is 38.9 Å². The number of benzene rings is 2. The van der Waals surface area contributed by atoms with Gasteiger partial charge in [0.15, 0.2) is 5.82 Å². The lowest BCUT2D eigenvalue weighted by molar-refractivity contribution is 0.0694. The van der Waals surface area contributed by atoms with Gasteiger partial charge in [-0.2, -0.15) is 4.31 Å². The van der Waals surface area contributed by atoms with Crippen molar-refractivity contribution in [3.05, 3.63) is 69.8 Å². The molecule has 180 valence electrons. The van der Waals surface area contributed by atoms with Crippen LogP contribution in [0.15, 0.2) is 46.2 Å². The zero-order valence-corrected chi connectivity index (χ0v) is 18.8. The van der Waals surface area contributed by atoms with E-state index in [1.54, 1.807) is 6.92 Å². The number of carbonyl (C=O) groups is 1. The van der Waals surface area contributed by atoms with E-state index in [2.05, 4.69) is 0 Å². The lowest BCUT2D eigenvalue weighted by atomic mass is 10.1. The number of rotatable bonds is 5. The van der Waals surface area contributed by atoms with E-state index in [-0.39, 0.29) is 43.1 Å². The molecule has 34 heavy (non-hydrogen) atoms. The van der Waals surface area contributed by atoms with E-state index in [0.717, 1.165) is 40.8 Å². The van der Waals surface area contributed by atoms with Gasteiger partial charge in [0.1, 0.15) is 22.9 Å². The highest BCUT2D eigenvalue weighted by Crippen LogP contribution is 2.31. The smallest absolute Gasteiger partial charge is 0.341 e. The Morgan fingerprint density at radius 2 is 1.68 bits per heavy atom. The first-order valence-electron chi connectivity index (χ1n) is 10.3. The predicted molar refractivity (Wildman–Crippen MR) is 118 cm³/mol. The Kier molecular flexibility index (Phi) is 6.13.